The van der Waals surface area contributed by atoms with Crippen molar-refractivity contribution in [3.63, 3.8) is 0 Å². The molecule has 4 fully saturated rings. The number of carbonyl (C=O) groups excluding carboxylic acids is 2. The van der Waals surface area contributed by atoms with Crippen LogP contribution >= 0.6 is 0 Å². The van der Waals surface area contributed by atoms with Gasteiger partial charge in [0.15, 0.2) is 0 Å². The Hall–Kier alpha value is -4.04. The third-order valence-electron chi connectivity index (χ3n) is 13.4. The summed E-state index contributed by atoms with van der Waals surface area (Å²) >= 11 is 0. The van der Waals surface area contributed by atoms with Gasteiger partial charge in [0.05, 0.1) is 32.5 Å². The molecule has 3 aromatic carbocycles. The predicted molar refractivity (Wildman–Crippen MR) is 226 cm³/mol. The van der Waals surface area contributed by atoms with Gasteiger partial charge < -0.3 is 40.5 Å². The second-order valence-corrected chi connectivity index (χ2v) is 17.9. The number of amides is 2. The van der Waals surface area contributed by atoms with Gasteiger partial charge >= 0.3 is 0 Å². The zero-order chi connectivity index (χ0) is 42.1. The van der Waals surface area contributed by atoms with E-state index >= 15 is 0 Å². The van der Waals surface area contributed by atoms with Crippen LogP contribution in [0.2, 0.25) is 0 Å². The maximum atomic E-state index is 14.5. The highest BCUT2D eigenvalue weighted by Gasteiger charge is 2.58. The fourth-order valence-corrected chi connectivity index (χ4v) is 10.1. The number of nitrogens with one attached hydrogen (secondary N) is 2. The van der Waals surface area contributed by atoms with E-state index in [0.717, 1.165) is 23.2 Å². The Bertz CT molecular complexity index is 1890. The average Bonchev–Trinajstić information content (AvgIpc) is 3.58. The first-order valence-corrected chi connectivity index (χ1v) is 20.7. The monoisotopic (exact) mass is 799 g/mol. The van der Waals surface area contributed by atoms with Gasteiger partial charge in [-0.25, -0.2) is 0 Å². The van der Waals surface area contributed by atoms with Gasteiger partial charge in [-0.2, -0.15) is 5.06 Å². The van der Waals surface area contributed by atoms with Crippen LogP contribution in [0, 0.1) is 29.1 Å². The summed E-state index contributed by atoms with van der Waals surface area (Å²) < 4.78 is 6.13. The smallest absolute Gasteiger partial charge is 0.251 e. The lowest BCUT2D eigenvalue weighted by Crippen LogP contribution is -2.62. The van der Waals surface area contributed by atoms with Crippen LogP contribution in [0.1, 0.15) is 68.1 Å². The first-order chi connectivity index (χ1) is 27.6. The van der Waals surface area contributed by atoms with E-state index in [1.54, 1.807) is 14.0 Å². The number of ether oxygens (including phenoxy) is 1. The highest BCUT2D eigenvalue weighted by molar-refractivity contribution is 5.97. The van der Waals surface area contributed by atoms with Crippen molar-refractivity contribution in [3.8, 4) is 16.9 Å². The largest absolute Gasteiger partial charge is 0.496 e. The quantitative estimate of drug-likeness (QED) is 0.140. The van der Waals surface area contributed by atoms with Crippen LogP contribution in [0.4, 0.5) is 5.69 Å². The second-order valence-electron chi connectivity index (χ2n) is 17.9. The Labute approximate surface area is 344 Å². The van der Waals surface area contributed by atoms with E-state index in [2.05, 4.69) is 48.4 Å². The van der Waals surface area contributed by atoms with E-state index < -0.39 is 43.4 Å². The molecule has 2 amide bonds. The van der Waals surface area contributed by atoms with Gasteiger partial charge in [-0.05, 0) is 92.8 Å². The van der Waals surface area contributed by atoms with Gasteiger partial charge in [-0.1, -0.05) is 69.3 Å². The van der Waals surface area contributed by atoms with Crippen LogP contribution in [-0.4, -0.2) is 122 Å². The van der Waals surface area contributed by atoms with Gasteiger partial charge in [0.1, 0.15) is 17.9 Å². The summed E-state index contributed by atoms with van der Waals surface area (Å²) in [7, 11) is 9.37. The van der Waals surface area contributed by atoms with E-state index in [1.807, 2.05) is 87.7 Å². The fraction of sp³-hybridized carbons (Fsp3) is 0.565. The number of fused-ring (bicyclic) bond motifs is 2. The van der Waals surface area contributed by atoms with Crippen molar-refractivity contribution in [1.29, 1.82) is 0 Å². The number of likely N-dealkylation sites (N-methyl/N-ethyl adjacent to an activating group) is 1. The van der Waals surface area contributed by atoms with E-state index in [4.69, 9.17) is 9.57 Å². The van der Waals surface area contributed by atoms with Crippen LogP contribution < -0.4 is 20.3 Å². The normalized spacial score (nSPS) is 26.7. The van der Waals surface area contributed by atoms with Crippen molar-refractivity contribution < 1.29 is 34.5 Å². The summed E-state index contributed by atoms with van der Waals surface area (Å²) in [6.45, 7) is 8.22. The summed E-state index contributed by atoms with van der Waals surface area (Å²) in [5, 5.41) is 40.8. The first kappa shape index (κ1) is 43.5. The Morgan fingerprint density at radius 1 is 1.02 bits per heavy atom. The molecule has 1 heterocycles. The molecule has 5 N–H and O–H groups in total. The number of benzene rings is 3. The highest BCUT2D eigenvalue weighted by atomic mass is 16.7. The van der Waals surface area contributed by atoms with Crippen LogP contribution in [0.3, 0.4) is 0 Å². The number of aliphatic hydroxyl groups is 3. The van der Waals surface area contributed by atoms with Gasteiger partial charge in [-0.3, -0.25) is 14.4 Å². The molecule has 4 aliphatic rings. The third-order valence-corrected chi connectivity index (χ3v) is 13.4. The zero-order valence-corrected chi connectivity index (χ0v) is 35.7. The lowest BCUT2D eigenvalue weighted by molar-refractivity contribution is -0.206. The van der Waals surface area contributed by atoms with Crippen molar-refractivity contribution in [1.82, 2.24) is 20.6 Å². The summed E-state index contributed by atoms with van der Waals surface area (Å²) in [4.78, 5) is 38.9. The van der Waals surface area contributed by atoms with Gasteiger partial charge in [0.25, 0.3) is 5.91 Å². The molecule has 3 aromatic rings. The number of rotatable bonds is 16. The van der Waals surface area contributed by atoms with Gasteiger partial charge in [-0.15, -0.1) is 0 Å². The minimum atomic E-state index is -1.01. The number of nitrogens with zero attached hydrogens (tertiary/aromatic N) is 3. The van der Waals surface area contributed by atoms with Crippen LogP contribution in [0.25, 0.3) is 11.1 Å². The van der Waals surface area contributed by atoms with Gasteiger partial charge in [0, 0.05) is 61.0 Å². The molecule has 0 radical (unpaired) electrons. The molecule has 1 saturated heterocycles. The van der Waals surface area contributed by atoms with Crippen LogP contribution in [0.5, 0.6) is 5.75 Å². The van der Waals surface area contributed by atoms with E-state index in [-0.39, 0.29) is 35.2 Å². The van der Waals surface area contributed by atoms with E-state index in [9.17, 15) is 24.9 Å². The number of anilines is 1. The molecule has 12 heteroatoms. The highest BCUT2D eigenvalue weighted by Crippen LogP contribution is 2.61. The van der Waals surface area contributed by atoms with Gasteiger partial charge in [0.2, 0.25) is 5.91 Å². The van der Waals surface area contributed by atoms with Crippen molar-refractivity contribution in [3.05, 3.63) is 83.4 Å². The molecular weight excluding hydrogens is 735 g/mol. The molecule has 316 valence electrons. The summed E-state index contributed by atoms with van der Waals surface area (Å²) in [6.07, 6.45) is 0.838. The summed E-state index contributed by atoms with van der Waals surface area (Å²) in [5.74, 6) is 0.462. The number of carbonyl (C=O) groups is 2. The Morgan fingerprint density at radius 3 is 2.33 bits per heavy atom. The molecule has 2 bridgehead atoms. The van der Waals surface area contributed by atoms with Crippen molar-refractivity contribution in [2.75, 3.05) is 60.0 Å². The Balaban J connectivity index is 1.33. The molecule has 0 unspecified atom stereocenters. The maximum absolute atomic E-state index is 14.5. The molecule has 58 heavy (non-hydrogen) atoms. The minimum Gasteiger partial charge on any atom is -0.496 e. The number of aliphatic hydroxyl groups excluding tert-OH is 3. The maximum Gasteiger partial charge on any atom is 0.251 e. The fourth-order valence-electron chi connectivity index (χ4n) is 10.1. The molecular formula is C46H65N5O7. The molecule has 0 aromatic heterocycles. The zero-order valence-electron chi connectivity index (χ0n) is 35.7. The number of hydrogen-bond donors (Lipinski definition) is 5. The van der Waals surface area contributed by atoms with E-state index in [0.29, 0.717) is 47.2 Å². The summed E-state index contributed by atoms with van der Waals surface area (Å²) in [5.41, 5.74) is 4.61. The third kappa shape index (κ3) is 8.78. The van der Waals surface area contributed by atoms with Crippen LogP contribution in [-0.2, 0) is 16.1 Å². The molecule has 0 spiro atoms. The number of hydrogen-bond acceptors (Lipinski definition) is 10. The predicted octanol–water partition coefficient (Wildman–Crippen LogP) is 4.52. The average molecular weight is 800 g/mol. The Kier molecular flexibility index (Phi) is 13.6. The molecule has 7 rings (SSSR count). The van der Waals surface area contributed by atoms with Crippen molar-refractivity contribution >= 4 is 17.5 Å². The van der Waals surface area contributed by atoms with Crippen LogP contribution in [0.15, 0.2) is 66.7 Å². The molecule has 1 aliphatic heterocycles. The first-order valence-electron chi connectivity index (χ1n) is 20.7. The lowest BCUT2D eigenvalue weighted by atomic mass is 9.45. The molecule has 10 atom stereocenters. The molecule has 3 saturated carbocycles. The number of hydroxylamine groups is 2. The molecule has 3 aliphatic carbocycles. The topological polar surface area (TPSA) is 147 Å². The SMILES string of the molecule is COc1c(-c2cc(C(=O)N[C@@H](Cc3ccccc3)CN(C)C)cc(N(C)C)c2)cccc1[C@@H](CO)N1O[C@@H](CO)[C@H]([C@H](C)O)[C@H]1C(=O)N[C@H]1C[C@H]2C[C@@H]([C@@H]1C)C2(C)C. The number of methoxy groups -OCH3 is 1. The minimum absolute atomic E-state index is 0.0359. The van der Waals surface area contributed by atoms with Crippen molar-refractivity contribution in [2.45, 2.75) is 83.3 Å². The molecule has 12 nitrogen and oxygen atoms in total. The lowest BCUT2D eigenvalue weighted by Gasteiger charge is -2.62. The number of para-hydroxylation sites is 1. The summed E-state index contributed by atoms with van der Waals surface area (Å²) in [6, 6.07) is 19.3. The Morgan fingerprint density at radius 2 is 1.74 bits per heavy atom. The van der Waals surface area contributed by atoms with E-state index in [1.165, 1.54) is 11.5 Å². The standard InChI is InChI=1S/C46H65N5O7/c1-27-37-22-32(46(37,3)4)23-38(27)48-45(56)42-41(28(2)54)40(26-53)58-51(42)39(25-52)36-17-13-16-35(43(36)57-9)30-19-31(21-34(20-30)50(7)8)44(55)47-33(24-49(5)6)18-29-14-11-10-12-15-29/h10-17,19-21,27-28,32-33,37-42,52-54H,18,22-26H2,1-9H3,(H,47,55)(H,48,56)/t27-,28-,32+,33-,37-,38-,39+,40-,41-,42-/m0/s1. The van der Waals surface area contributed by atoms with Crippen molar-refractivity contribution in [2.24, 2.45) is 29.1 Å². The second kappa shape index (κ2) is 18.1.